The molecule has 146 valence electrons. The summed E-state index contributed by atoms with van der Waals surface area (Å²) in [5.74, 6) is -0.617. The van der Waals surface area contributed by atoms with Gasteiger partial charge in [0.1, 0.15) is 16.5 Å². The van der Waals surface area contributed by atoms with Gasteiger partial charge in [0, 0.05) is 13.1 Å². The summed E-state index contributed by atoms with van der Waals surface area (Å²) in [6.07, 6.45) is 1.64. The Morgan fingerprint density at radius 1 is 1.18 bits per heavy atom. The number of hydrogen-bond acceptors (Lipinski definition) is 6. The van der Waals surface area contributed by atoms with Crippen molar-refractivity contribution in [2.75, 3.05) is 13.1 Å². The minimum absolute atomic E-state index is 0.0228. The van der Waals surface area contributed by atoms with Crippen molar-refractivity contribution in [3.63, 3.8) is 0 Å². The number of thiazole rings is 1. The molecule has 0 unspecified atom stereocenters. The Morgan fingerprint density at radius 2 is 1.93 bits per heavy atom. The zero-order valence-corrected chi connectivity index (χ0v) is 17.2. The summed E-state index contributed by atoms with van der Waals surface area (Å²) in [6.45, 7) is 0.949. The molecule has 2 heterocycles. The Labute approximate surface area is 171 Å². The zero-order valence-electron chi connectivity index (χ0n) is 14.8. The zero-order chi connectivity index (χ0) is 19.7. The Hall–Kier alpha value is -2.00. The fraction of sp³-hybridized carbons (Fsp3) is 0.263. The molecule has 0 radical (unpaired) electrons. The second-order valence-corrected chi connectivity index (χ2v) is 9.84. The summed E-state index contributed by atoms with van der Waals surface area (Å²) in [5, 5.41) is 0.767. The third-order valence-electron chi connectivity index (χ3n) is 4.51. The maximum Gasteiger partial charge on any atom is 0.338 e. The minimum Gasteiger partial charge on any atom is -0.455 e. The van der Waals surface area contributed by atoms with E-state index in [0.29, 0.717) is 18.1 Å². The lowest BCUT2D eigenvalue weighted by molar-refractivity contribution is 0.0472. The highest BCUT2D eigenvalue weighted by atomic mass is 35.5. The van der Waals surface area contributed by atoms with Gasteiger partial charge in [-0.05, 0) is 43.2 Å². The van der Waals surface area contributed by atoms with E-state index in [1.54, 1.807) is 0 Å². The molecule has 0 aliphatic carbocycles. The molecule has 0 amide bonds. The summed E-state index contributed by atoms with van der Waals surface area (Å²) < 4.78 is 33.3. The lowest BCUT2D eigenvalue weighted by Gasteiger charge is -2.17. The Balaban J connectivity index is 1.53. The summed E-state index contributed by atoms with van der Waals surface area (Å²) in [4.78, 5) is 16.8. The molecule has 0 bridgehead atoms. The maximum absolute atomic E-state index is 12.8. The van der Waals surface area contributed by atoms with Crippen LogP contribution in [0.15, 0.2) is 47.4 Å². The standard InChI is InChI=1S/C19H17ClN2O4S2/c20-14-8-7-13(11-17(14)28(24,25)22-9-3-4-10-22)19(23)26-12-18-21-15-5-1-2-6-16(15)27-18/h1-2,5-8,11H,3-4,9-10,12H2. The van der Waals surface area contributed by atoms with Crippen molar-refractivity contribution in [1.29, 1.82) is 0 Å². The van der Waals surface area contributed by atoms with Crippen molar-refractivity contribution in [3.05, 3.63) is 58.1 Å². The van der Waals surface area contributed by atoms with Crippen LogP contribution in [0.3, 0.4) is 0 Å². The summed E-state index contributed by atoms with van der Waals surface area (Å²) in [7, 11) is -3.73. The van der Waals surface area contributed by atoms with Gasteiger partial charge in [-0.15, -0.1) is 11.3 Å². The van der Waals surface area contributed by atoms with Crippen molar-refractivity contribution >= 4 is 49.1 Å². The quantitative estimate of drug-likeness (QED) is 0.563. The van der Waals surface area contributed by atoms with E-state index in [2.05, 4.69) is 4.98 Å². The average molecular weight is 437 g/mol. The van der Waals surface area contributed by atoms with Crippen LogP contribution in [0.1, 0.15) is 28.2 Å². The van der Waals surface area contributed by atoms with Crippen LogP contribution in [0.2, 0.25) is 5.02 Å². The first-order chi connectivity index (χ1) is 13.4. The molecule has 1 aromatic heterocycles. The number of rotatable bonds is 5. The summed E-state index contributed by atoms with van der Waals surface area (Å²) >= 11 is 7.56. The minimum atomic E-state index is -3.73. The monoisotopic (exact) mass is 436 g/mol. The molecule has 0 saturated carbocycles. The van der Waals surface area contributed by atoms with Crippen LogP contribution in [0, 0.1) is 0 Å². The molecule has 3 aromatic rings. The number of para-hydroxylation sites is 1. The largest absolute Gasteiger partial charge is 0.455 e. The van der Waals surface area contributed by atoms with Crippen LogP contribution in [-0.4, -0.2) is 36.8 Å². The number of nitrogens with zero attached hydrogens (tertiary/aromatic N) is 2. The topological polar surface area (TPSA) is 76.6 Å². The van der Waals surface area contributed by atoms with Crippen molar-refractivity contribution in [2.24, 2.45) is 0 Å². The number of sulfonamides is 1. The molecule has 28 heavy (non-hydrogen) atoms. The average Bonchev–Trinajstić information content (AvgIpc) is 3.36. The first-order valence-corrected chi connectivity index (χ1v) is 11.4. The van der Waals surface area contributed by atoms with Gasteiger partial charge in [0.25, 0.3) is 0 Å². The van der Waals surface area contributed by atoms with Gasteiger partial charge in [-0.3, -0.25) is 0 Å². The highest BCUT2D eigenvalue weighted by Gasteiger charge is 2.30. The van der Waals surface area contributed by atoms with Crippen LogP contribution < -0.4 is 0 Å². The van der Waals surface area contributed by atoms with Gasteiger partial charge in [-0.2, -0.15) is 4.31 Å². The first kappa shape index (κ1) is 19.3. The normalized spacial score (nSPS) is 15.2. The number of fused-ring (bicyclic) bond motifs is 1. The van der Waals surface area contributed by atoms with Crippen LogP contribution >= 0.6 is 22.9 Å². The smallest absolute Gasteiger partial charge is 0.338 e. The van der Waals surface area contributed by atoms with Crippen LogP contribution in [0.25, 0.3) is 10.2 Å². The van der Waals surface area contributed by atoms with Gasteiger partial charge in [0.15, 0.2) is 0 Å². The van der Waals surface area contributed by atoms with Gasteiger partial charge in [-0.25, -0.2) is 18.2 Å². The number of hydrogen-bond donors (Lipinski definition) is 0. The first-order valence-electron chi connectivity index (χ1n) is 8.76. The Bertz CT molecular complexity index is 1100. The number of carbonyl (C=O) groups is 1. The molecule has 0 atom stereocenters. The molecule has 1 saturated heterocycles. The lowest BCUT2D eigenvalue weighted by atomic mass is 10.2. The van der Waals surface area contributed by atoms with Gasteiger partial charge in [0.05, 0.1) is 20.8 Å². The fourth-order valence-corrected chi connectivity index (χ4v) is 5.99. The number of carbonyl (C=O) groups excluding carboxylic acids is 1. The molecular weight excluding hydrogens is 420 g/mol. The van der Waals surface area contributed by atoms with E-state index in [9.17, 15) is 13.2 Å². The van der Waals surface area contributed by atoms with E-state index in [-0.39, 0.29) is 22.1 Å². The van der Waals surface area contributed by atoms with Gasteiger partial charge >= 0.3 is 5.97 Å². The van der Waals surface area contributed by atoms with Gasteiger partial charge in [-0.1, -0.05) is 23.7 Å². The van der Waals surface area contributed by atoms with E-state index in [1.165, 1.54) is 33.8 Å². The number of ether oxygens (including phenoxy) is 1. The predicted molar refractivity (Wildman–Crippen MR) is 108 cm³/mol. The van der Waals surface area contributed by atoms with E-state index in [1.807, 2.05) is 24.3 Å². The number of esters is 1. The van der Waals surface area contributed by atoms with Crippen molar-refractivity contribution < 1.29 is 17.9 Å². The van der Waals surface area contributed by atoms with Gasteiger partial charge in [0.2, 0.25) is 10.0 Å². The van der Waals surface area contributed by atoms with Crippen LogP contribution in [0.4, 0.5) is 0 Å². The Morgan fingerprint density at radius 3 is 2.68 bits per heavy atom. The number of aromatic nitrogens is 1. The van der Waals surface area contributed by atoms with E-state index in [0.717, 1.165) is 23.1 Å². The summed E-state index contributed by atoms with van der Waals surface area (Å²) in [6, 6.07) is 11.8. The molecular formula is C19H17ClN2O4S2. The molecule has 1 aliphatic rings. The highest BCUT2D eigenvalue weighted by molar-refractivity contribution is 7.89. The second-order valence-electron chi connectivity index (χ2n) is 6.41. The lowest BCUT2D eigenvalue weighted by Crippen LogP contribution is -2.28. The molecule has 0 spiro atoms. The number of benzene rings is 2. The maximum atomic E-state index is 12.8. The molecule has 1 fully saturated rings. The predicted octanol–water partition coefficient (Wildman–Crippen LogP) is 4.09. The highest BCUT2D eigenvalue weighted by Crippen LogP contribution is 2.28. The molecule has 9 heteroatoms. The molecule has 1 aliphatic heterocycles. The van der Waals surface area contributed by atoms with Crippen molar-refractivity contribution in [2.45, 2.75) is 24.3 Å². The second kappa shape index (κ2) is 7.79. The molecule has 4 rings (SSSR count). The van der Waals surface area contributed by atoms with E-state index >= 15 is 0 Å². The fourth-order valence-electron chi connectivity index (χ4n) is 3.09. The van der Waals surface area contributed by atoms with Crippen molar-refractivity contribution in [1.82, 2.24) is 9.29 Å². The third kappa shape index (κ3) is 3.77. The SMILES string of the molecule is O=C(OCc1nc2ccccc2s1)c1ccc(Cl)c(S(=O)(=O)N2CCCC2)c1. The molecule has 0 N–H and O–H groups in total. The van der Waals surface area contributed by atoms with Crippen LogP contribution in [-0.2, 0) is 21.4 Å². The van der Waals surface area contributed by atoms with E-state index < -0.39 is 16.0 Å². The molecule has 2 aromatic carbocycles. The van der Waals surface area contributed by atoms with Crippen molar-refractivity contribution in [3.8, 4) is 0 Å². The number of halogens is 1. The Kier molecular flexibility index (Phi) is 5.37. The van der Waals surface area contributed by atoms with Gasteiger partial charge < -0.3 is 4.74 Å². The summed E-state index contributed by atoms with van der Waals surface area (Å²) in [5.41, 5.74) is 0.993. The van der Waals surface area contributed by atoms with E-state index in [4.69, 9.17) is 16.3 Å². The molecule has 6 nitrogen and oxygen atoms in total. The third-order valence-corrected chi connectivity index (χ3v) is 7.90. The van der Waals surface area contributed by atoms with Crippen LogP contribution in [0.5, 0.6) is 0 Å².